The Kier molecular flexibility index (Phi) is 6.37. The average Bonchev–Trinajstić information content (AvgIpc) is 3.04. The molecular formula is C19H21FN4O3S. The molecule has 0 unspecified atom stereocenters. The second kappa shape index (κ2) is 8.94. The van der Waals surface area contributed by atoms with Gasteiger partial charge in [-0.2, -0.15) is 0 Å². The number of carbonyl (C=O) groups is 1. The lowest BCUT2D eigenvalue weighted by Gasteiger charge is -2.14. The first-order valence-corrected chi connectivity index (χ1v) is 9.58. The van der Waals surface area contributed by atoms with Crippen molar-refractivity contribution in [2.45, 2.75) is 19.8 Å². The Morgan fingerprint density at radius 3 is 2.89 bits per heavy atom. The van der Waals surface area contributed by atoms with Gasteiger partial charge in [0.1, 0.15) is 33.4 Å². The van der Waals surface area contributed by atoms with E-state index in [9.17, 15) is 9.18 Å². The van der Waals surface area contributed by atoms with E-state index in [1.54, 1.807) is 6.07 Å². The van der Waals surface area contributed by atoms with Crippen molar-refractivity contribution in [2.24, 2.45) is 5.73 Å². The molecule has 0 aliphatic carbocycles. The van der Waals surface area contributed by atoms with Crippen LogP contribution in [0.15, 0.2) is 24.5 Å². The number of thiophene rings is 1. The summed E-state index contributed by atoms with van der Waals surface area (Å²) in [6.45, 7) is 2.82. The molecule has 28 heavy (non-hydrogen) atoms. The molecule has 148 valence electrons. The third kappa shape index (κ3) is 4.20. The maximum Gasteiger partial charge on any atom is 0.348 e. The normalized spacial score (nSPS) is 10.9. The minimum Gasteiger partial charge on any atom is -0.491 e. The van der Waals surface area contributed by atoms with E-state index < -0.39 is 11.8 Å². The van der Waals surface area contributed by atoms with Crippen LogP contribution in [0.25, 0.3) is 10.2 Å². The number of unbranched alkanes of at least 4 members (excludes halogenated alkanes) is 1. The fourth-order valence-electron chi connectivity index (χ4n) is 2.73. The van der Waals surface area contributed by atoms with Crippen LogP contribution in [0.1, 0.15) is 28.1 Å². The molecule has 1 aromatic carbocycles. The lowest BCUT2D eigenvalue weighted by molar-refractivity contribution is 0.0605. The van der Waals surface area contributed by atoms with E-state index in [1.807, 2.05) is 6.92 Å². The van der Waals surface area contributed by atoms with Crippen molar-refractivity contribution in [1.82, 2.24) is 9.97 Å². The molecule has 0 aliphatic heterocycles. The van der Waals surface area contributed by atoms with Gasteiger partial charge in [0.2, 0.25) is 0 Å². The first-order chi connectivity index (χ1) is 13.5. The fraction of sp³-hybridized carbons (Fsp3) is 0.316. The molecule has 3 rings (SSSR count). The van der Waals surface area contributed by atoms with Crippen molar-refractivity contribution in [1.29, 1.82) is 0 Å². The van der Waals surface area contributed by atoms with Gasteiger partial charge in [0.15, 0.2) is 0 Å². The molecule has 0 saturated carbocycles. The quantitative estimate of drug-likeness (QED) is 0.435. The van der Waals surface area contributed by atoms with Crippen LogP contribution < -0.4 is 15.8 Å². The number of ether oxygens (including phenoxy) is 2. The van der Waals surface area contributed by atoms with Crippen LogP contribution in [-0.4, -0.2) is 36.2 Å². The van der Waals surface area contributed by atoms with E-state index in [-0.39, 0.29) is 0 Å². The Hall–Kier alpha value is -2.78. The Labute approximate surface area is 165 Å². The van der Waals surface area contributed by atoms with Crippen LogP contribution in [0.3, 0.4) is 0 Å². The summed E-state index contributed by atoms with van der Waals surface area (Å²) >= 11 is 1.24. The second-order valence-corrected chi connectivity index (χ2v) is 7.06. The molecule has 0 aliphatic rings. The number of nitrogens with two attached hydrogens (primary N) is 1. The Morgan fingerprint density at radius 1 is 1.32 bits per heavy atom. The van der Waals surface area contributed by atoms with Crippen LogP contribution >= 0.6 is 11.3 Å². The number of anilines is 2. The fourth-order valence-corrected chi connectivity index (χ4v) is 3.80. The van der Waals surface area contributed by atoms with E-state index in [0.717, 1.165) is 18.4 Å². The Morgan fingerprint density at radius 2 is 2.14 bits per heavy atom. The van der Waals surface area contributed by atoms with Gasteiger partial charge < -0.3 is 20.5 Å². The number of hydrogen-bond acceptors (Lipinski definition) is 8. The predicted molar refractivity (Wildman–Crippen MR) is 107 cm³/mol. The molecular weight excluding hydrogens is 383 g/mol. The largest absolute Gasteiger partial charge is 0.491 e. The smallest absolute Gasteiger partial charge is 0.348 e. The molecule has 0 bridgehead atoms. The lowest BCUT2D eigenvalue weighted by Crippen LogP contribution is -2.05. The van der Waals surface area contributed by atoms with Crippen molar-refractivity contribution in [3.63, 3.8) is 0 Å². The number of aromatic nitrogens is 2. The number of nitrogens with one attached hydrogen (secondary N) is 1. The minimum atomic E-state index is -0.419. The highest BCUT2D eigenvalue weighted by molar-refractivity contribution is 7.20. The molecule has 0 amide bonds. The standard InChI is InChI=1S/C19H21FN4O3S/c1-11-15-17(22-10-23-18(15)28-16(11)19(25)26-2)24-13-6-5-12(20)9-14(13)27-8-4-3-7-21/h5-6,9-10H,3-4,7-8,21H2,1-2H3,(H,22,23,24). The number of aryl methyl sites for hydroxylation is 1. The van der Waals surface area contributed by atoms with Gasteiger partial charge in [0, 0.05) is 6.07 Å². The Balaban J connectivity index is 1.94. The number of rotatable bonds is 8. The molecule has 3 N–H and O–H groups in total. The molecule has 2 heterocycles. The minimum absolute atomic E-state index is 0.379. The third-order valence-corrected chi connectivity index (χ3v) is 5.33. The van der Waals surface area contributed by atoms with Gasteiger partial charge in [-0.25, -0.2) is 19.2 Å². The van der Waals surface area contributed by atoms with Gasteiger partial charge in [-0.05, 0) is 44.0 Å². The number of esters is 1. The van der Waals surface area contributed by atoms with E-state index in [4.69, 9.17) is 15.2 Å². The molecule has 0 atom stereocenters. The summed E-state index contributed by atoms with van der Waals surface area (Å²) in [5.74, 6) is 0.0706. The monoisotopic (exact) mass is 404 g/mol. The molecule has 0 spiro atoms. The first-order valence-electron chi connectivity index (χ1n) is 8.77. The topological polar surface area (TPSA) is 99.4 Å². The van der Waals surface area contributed by atoms with E-state index in [1.165, 1.54) is 36.9 Å². The van der Waals surface area contributed by atoms with Crippen molar-refractivity contribution in [3.05, 3.63) is 40.8 Å². The molecule has 0 radical (unpaired) electrons. The van der Waals surface area contributed by atoms with Gasteiger partial charge in [-0.15, -0.1) is 11.3 Å². The van der Waals surface area contributed by atoms with Crippen molar-refractivity contribution < 1.29 is 18.7 Å². The van der Waals surface area contributed by atoms with Gasteiger partial charge in [0.25, 0.3) is 0 Å². The van der Waals surface area contributed by atoms with E-state index in [0.29, 0.717) is 45.5 Å². The zero-order valence-corrected chi connectivity index (χ0v) is 16.4. The molecule has 0 fully saturated rings. The van der Waals surface area contributed by atoms with Crippen LogP contribution in [0.2, 0.25) is 0 Å². The van der Waals surface area contributed by atoms with Crippen LogP contribution in [0.4, 0.5) is 15.9 Å². The van der Waals surface area contributed by atoms with Crippen LogP contribution in [0.5, 0.6) is 5.75 Å². The average molecular weight is 404 g/mol. The van der Waals surface area contributed by atoms with Gasteiger partial charge in [0.05, 0.1) is 24.8 Å². The predicted octanol–water partition coefficient (Wildman–Crippen LogP) is 3.79. The van der Waals surface area contributed by atoms with Gasteiger partial charge >= 0.3 is 5.97 Å². The number of halogens is 1. The highest BCUT2D eigenvalue weighted by atomic mass is 32.1. The maximum absolute atomic E-state index is 13.7. The van der Waals surface area contributed by atoms with Gasteiger partial charge in [-0.3, -0.25) is 0 Å². The van der Waals surface area contributed by atoms with E-state index in [2.05, 4.69) is 15.3 Å². The number of methoxy groups -OCH3 is 1. The number of carbonyl (C=O) groups excluding carboxylic acids is 1. The molecule has 9 heteroatoms. The summed E-state index contributed by atoms with van der Waals surface area (Å²) in [6.07, 6.45) is 3.01. The Bertz CT molecular complexity index is 993. The summed E-state index contributed by atoms with van der Waals surface area (Å²) < 4.78 is 24.3. The summed E-state index contributed by atoms with van der Waals surface area (Å²) in [5, 5.41) is 3.90. The van der Waals surface area contributed by atoms with Crippen molar-refractivity contribution in [2.75, 3.05) is 25.6 Å². The second-order valence-electron chi connectivity index (χ2n) is 6.06. The van der Waals surface area contributed by atoms with Crippen LogP contribution in [-0.2, 0) is 4.74 Å². The highest BCUT2D eigenvalue weighted by Gasteiger charge is 2.20. The molecule has 3 aromatic rings. The zero-order chi connectivity index (χ0) is 20.1. The van der Waals surface area contributed by atoms with Crippen molar-refractivity contribution in [3.8, 4) is 5.75 Å². The number of benzene rings is 1. The van der Waals surface area contributed by atoms with Crippen LogP contribution in [0, 0.1) is 12.7 Å². The summed E-state index contributed by atoms with van der Waals surface area (Å²) in [7, 11) is 1.34. The first kappa shape index (κ1) is 20.0. The summed E-state index contributed by atoms with van der Waals surface area (Å²) in [4.78, 5) is 21.7. The van der Waals surface area contributed by atoms with Crippen molar-refractivity contribution >= 4 is 39.0 Å². The van der Waals surface area contributed by atoms with E-state index >= 15 is 0 Å². The SMILES string of the molecule is COC(=O)c1sc2ncnc(Nc3ccc(F)cc3OCCCCN)c2c1C. The number of nitrogens with zero attached hydrogens (tertiary/aromatic N) is 2. The number of fused-ring (bicyclic) bond motifs is 1. The highest BCUT2D eigenvalue weighted by Crippen LogP contribution is 2.36. The molecule has 7 nitrogen and oxygen atoms in total. The molecule has 2 aromatic heterocycles. The zero-order valence-electron chi connectivity index (χ0n) is 15.6. The summed E-state index contributed by atoms with van der Waals surface area (Å²) in [6, 6.07) is 4.25. The summed E-state index contributed by atoms with van der Waals surface area (Å²) in [5.41, 5.74) is 6.78. The maximum atomic E-state index is 13.7. The molecule has 0 saturated heterocycles. The third-order valence-electron chi connectivity index (χ3n) is 4.15. The lowest BCUT2D eigenvalue weighted by atomic mass is 10.2. The van der Waals surface area contributed by atoms with Gasteiger partial charge in [-0.1, -0.05) is 0 Å². The number of hydrogen-bond donors (Lipinski definition) is 2.